The Bertz CT molecular complexity index is 1080. The molecule has 3 saturated carbocycles. The van der Waals surface area contributed by atoms with E-state index in [0.717, 1.165) is 18.2 Å². The van der Waals surface area contributed by atoms with E-state index in [1.54, 1.807) is 6.08 Å². The zero-order chi connectivity index (χ0) is 24.7. The molecule has 0 aromatic rings. The summed E-state index contributed by atoms with van der Waals surface area (Å²) in [6.45, 7) is 4.18. The van der Waals surface area contributed by atoms with Crippen LogP contribution in [0.3, 0.4) is 0 Å². The first-order valence-electron chi connectivity index (χ1n) is 12.3. The number of carbonyl (C=O) groups is 3. The third-order valence-electron chi connectivity index (χ3n) is 10.1. The second-order valence-electron chi connectivity index (χ2n) is 11.6. The van der Waals surface area contributed by atoms with Crippen LogP contribution in [0.4, 0.5) is 0 Å². The monoisotopic (exact) mass is 494 g/mol. The molecule has 188 valence electrons. The van der Waals surface area contributed by atoms with Gasteiger partial charge in [-0.2, -0.15) is 8.42 Å². The molecule has 5 aliphatic rings. The van der Waals surface area contributed by atoms with Crippen LogP contribution in [0.25, 0.3) is 0 Å². The zero-order valence-electron chi connectivity index (χ0n) is 20.3. The van der Waals surface area contributed by atoms with Crippen molar-refractivity contribution in [3.05, 3.63) is 11.6 Å². The van der Waals surface area contributed by atoms with Gasteiger partial charge in [-0.3, -0.25) is 18.6 Å². The van der Waals surface area contributed by atoms with Crippen LogP contribution >= 0.6 is 0 Å². The maximum Gasteiger partial charge on any atom is 0.309 e. The molecule has 8 nitrogen and oxygen atoms in total. The van der Waals surface area contributed by atoms with Crippen molar-refractivity contribution in [2.75, 3.05) is 13.4 Å². The average molecular weight is 495 g/mol. The molecule has 1 saturated heterocycles. The summed E-state index contributed by atoms with van der Waals surface area (Å²) in [4.78, 5) is 37.7. The van der Waals surface area contributed by atoms with Crippen molar-refractivity contribution in [1.29, 1.82) is 0 Å². The molecule has 8 atom stereocenters. The van der Waals surface area contributed by atoms with Crippen molar-refractivity contribution in [2.24, 2.45) is 34.5 Å². The Kier molecular flexibility index (Phi) is 5.38. The molecular formula is C25H34O8S. The van der Waals surface area contributed by atoms with Crippen LogP contribution in [0, 0.1) is 34.5 Å². The number of allylic oxidation sites excluding steroid dienone is 1. The van der Waals surface area contributed by atoms with E-state index in [1.165, 1.54) is 7.11 Å². The molecule has 0 aromatic heterocycles. The van der Waals surface area contributed by atoms with Gasteiger partial charge in [0.1, 0.15) is 5.60 Å². The number of ether oxygens (including phenoxy) is 2. The molecule has 4 aliphatic carbocycles. The number of carbonyl (C=O) groups excluding carboxylic acids is 3. The number of methoxy groups -OCH3 is 1. The molecule has 1 aliphatic heterocycles. The third kappa shape index (κ3) is 3.33. The average Bonchev–Trinajstić information content (AvgIpc) is 3.26. The molecule has 0 N–H and O–H groups in total. The van der Waals surface area contributed by atoms with Crippen LogP contribution in [-0.2, 0) is 38.2 Å². The normalized spacial score (nSPS) is 45.8. The van der Waals surface area contributed by atoms with Crippen LogP contribution in [0.1, 0.15) is 65.2 Å². The predicted molar refractivity (Wildman–Crippen MR) is 121 cm³/mol. The fourth-order valence-electron chi connectivity index (χ4n) is 8.63. The van der Waals surface area contributed by atoms with Crippen molar-refractivity contribution < 1.29 is 36.5 Å². The van der Waals surface area contributed by atoms with Gasteiger partial charge in [0.2, 0.25) is 0 Å². The fourth-order valence-corrected chi connectivity index (χ4v) is 9.26. The highest BCUT2D eigenvalue weighted by atomic mass is 32.2. The summed E-state index contributed by atoms with van der Waals surface area (Å²) >= 11 is 0. The predicted octanol–water partition coefficient (Wildman–Crippen LogP) is 2.95. The molecule has 6 unspecified atom stereocenters. The van der Waals surface area contributed by atoms with Crippen LogP contribution in [0.15, 0.2) is 11.6 Å². The highest BCUT2D eigenvalue weighted by Gasteiger charge is 2.71. The van der Waals surface area contributed by atoms with E-state index < -0.39 is 38.6 Å². The van der Waals surface area contributed by atoms with Crippen molar-refractivity contribution in [2.45, 2.75) is 76.9 Å². The second-order valence-corrected chi connectivity index (χ2v) is 13.2. The molecule has 4 fully saturated rings. The van der Waals surface area contributed by atoms with E-state index in [4.69, 9.17) is 13.7 Å². The number of ketones is 1. The second kappa shape index (κ2) is 7.63. The maximum absolute atomic E-state index is 13.2. The molecule has 0 aromatic carbocycles. The summed E-state index contributed by atoms with van der Waals surface area (Å²) in [5.74, 6) is -1.47. The van der Waals surface area contributed by atoms with Crippen LogP contribution < -0.4 is 0 Å². The molecule has 0 bridgehead atoms. The summed E-state index contributed by atoms with van der Waals surface area (Å²) < 4.78 is 42.0. The van der Waals surface area contributed by atoms with Gasteiger partial charge in [-0.25, -0.2) is 0 Å². The van der Waals surface area contributed by atoms with Crippen molar-refractivity contribution in [3.8, 4) is 0 Å². The highest BCUT2D eigenvalue weighted by molar-refractivity contribution is 7.86. The summed E-state index contributed by atoms with van der Waals surface area (Å²) in [5.41, 5.74) is -0.753. The Balaban J connectivity index is 1.68. The first-order chi connectivity index (χ1) is 15.8. The molecule has 5 rings (SSSR count). The Labute approximate surface area is 200 Å². The first-order valence-corrected chi connectivity index (χ1v) is 14.1. The SMILES string of the molecule is COC(=O)C1CC2=CC(=O)CC[C@]2(C)C2C(OS(C)(=O)=O)C[C@@]3(C)C(CCC34CCC(=O)O4)C12. The number of rotatable bonds is 3. The molecule has 0 amide bonds. The number of esters is 2. The van der Waals surface area contributed by atoms with E-state index >= 15 is 0 Å². The van der Waals surface area contributed by atoms with E-state index in [-0.39, 0.29) is 35.5 Å². The van der Waals surface area contributed by atoms with Gasteiger partial charge in [-0.1, -0.05) is 19.4 Å². The van der Waals surface area contributed by atoms with Gasteiger partial charge in [0.05, 0.1) is 25.4 Å². The molecule has 0 radical (unpaired) electrons. The molecular weight excluding hydrogens is 460 g/mol. The topological polar surface area (TPSA) is 113 Å². The van der Waals surface area contributed by atoms with Gasteiger partial charge < -0.3 is 9.47 Å². The Morgan fingerprint density at radius 1 is 1.15 bits per heavy atom. The number of fused-ring (bicyclic) bond motifs is 6. The Morgan fingerprint density at radius 2 is 1.88 bits per heavy atom. The number of hydrogen-bond donors (Lipinski definition) is 0. The lowest BCUT2D eigenvalue weighted by atomic mass is 9.43. The lowest BCUT2D eigenvalue weighted by Gasteiger charge is -2.62. The molecule has 1 heterocycles. The van der Waals surface area contributed by atoms with Crippen molar-refractivity contribution >= 4 is 27.8 Å². The molecule has 9 heteroatoms. The van der Waals surface area contributed by atoms with Crippen LogP contribution in [-0.4, -0.2) is 51.2 Å². The Hall–Kier alpha value is -1.74. The lowest BCUT2D eigenvalue weighted by Crippen LogP contribution is -2.63. The van der Waals surface area contributed by atoms with Crippen LogP contribution in [0.2, 0.25) is 0 Å². The molecule has 1 spiro atoms. The van der Waals surface area contributed by atoms with E-state index in [0.29, 0.717) is 44.9 Å². The largest absolute Gasteiger partial charge is 0.469 e. The minimum atomic E-state index is -3.80. The quantitative estimate of drug-likeness (QED) is 0.435. The van der Waals surface area contributed by atoms with Gasteiger partial charge in [0.15, 0.2) is 5.78 Å². The van der Waals surface area contributed by atoms with Gasteiger partial charge in [-0.05, 0) is 67.8 Å². The number of hydrogen-bond acceptors (Lipinski definition) is 8. The van der Waals surface area contributed by atoms with Crippen LogP contribution in [0.5, 0.6) is 0 Å². The standard InChI is InChI=1S/C25H34O8S/c1-23-8-5-15(26)11-14(23)12-16(22(28)31-3)20-17-6-9-25(10-7-19(27)32-25)24(17,2)13-18(21(20)23)33-34(4,29)30/h11,16-18,20-21H,5-10,12-13H2,1-4H3/t16?,17?,18?,20?,21?,23-,24-,25?/m0/s1. The maximum atomic E-state index is 13.2. The minimum Gasteiger partial charge on any atom is -0.469 e. The zero-order valence-corrected chi connectivity index (χ0v) is 21.1. The van der Waals surface area contributed by atoms with Crippen molar-refractivity contribution in [1.82, 2.24) is 0 Å². The summed E-state index contributed by atoms with van der Waals surface area (Å²) in [5, 5.41) is 0. The van der Waals surface area contributed by atoms with Gasteiger partial charge in [-0.15, -0.1) is 0 Å². The fraction of sp³-hybridized carbons (Fsp3) is 0.800. The highest BCUT2D eigenvalue weighted by Crippen LogP contribution is 2.71. The van der Waals surface area contributed by atoms with E-state index in [2.05, 4.69) is 13.8 Å². The smallest absolute Gasteiger partial charge is 0.309 e. The summed E-state index contributed by atoms with van der Waals surface area (Å²) in [6.07, 6.45) is 6.29. The third-order valence-corrected chi connectivity index (χ3v) is 10.7. The first kappa shape index (κ1) is 24.0. The minimum absolute atomic E-state index is 0.0356. The lowest BCUT2D eigenvalue weighted by molar-refractivity contribution is -0.193. The van der Waals surface area contributed by atoms with E-state index in [1.807, 2.05) is 0 Å². The summed E-state index contributed by atoms with van der Waals surface area (Å²) in [6, 6.07) is 0. The Morgan fingerprint density at radius 3 is 2.50 bits per heavy atom. The summed E-state index contributed by atoms with van der Waals surface area (Å²) in [7, 11) is -2.44. The van der Waals surface area contributed by atoms with Gasteiger partial charge in [0, 0.05) is 18.3 Å². The van der Waals surface area contributed by atoms with E-state index in [9.17, 15) is 22.8 Å². The van der Waals surface area contributed by atoms with Gasteiger partial charge in [0.25, 0.3) is 10.1 Å². The van der Waals surface area contributed by atoms with Crippen molar-refractivity contribution in [3.63, 3.8) is 0 Å². The molecule has 34 heavy (non-hydrogen) atoms. The van der Waals surface area contributed by atoms with Gasteiger partial charge >= 0.3 is 11.9 Å².